The molecule has 5 nitrogen and oxygen atoms in total. The minimum atomic E-state index is -1.21. The smallest absolute Gasteiger partial charge is 0.260 e. The van der Waals surface area contributed by atoms with Crippen LogP contribution in [0, 0.1) is 11.6 Å². The van der Waals surface area contributed by atoms with Crippen molar-refractivity contribution in [3.05, 3.63) is 35.7 Å². The van der Waals surface area contributed by atoms with Crippen LogP contribution in [0.3, 0.4) is 0 Å². The zero-order chi connectivity index (χ0) is 14.2. The van der Waals surface area contributed by atoms with Gasteiger partial charge in [-0.1, -0.05) is 5.16 Å². The summed E-state index contributed by atoms with van der Waals surface area (Å²) in [6.07, 6.45) is 1.30. The van der Waals surface area contributed by atoms with E-state index in [1.54, 1.807) is 0 Å². The fourth-order valence-electron chi connectivity index (χ4n) is 2.24. The summed E-state index contributed by atoms with van der Waals surface area (Å²) in [6, 6.07) is 3.35. The largest absolute Gasteiger partial charge is 0.379 e. The van der Waals surface area contributed by atoms with E-state index in [0.717, 1.165) is 25.1 Å². The Balaban J connectivity index is 1.91. The highest BCUT2D eigenvalue weighted by molar-refractivity contribution is 5.54. The molecule has 0 spiro atoms. The van der Waals surface area contributed by atoms with Crippen molar-refractivity contribution in [3.63, 3.8) is 0 Å². The average molecular weight is 281 g/mol. The van der Waals surface area contributed by atoms with Crippen molar-refractivity contribution in [1.29, 1.82) is 0 Å². The van der Waals surface area contributed by atoms with Gasteiger partial charge in [-0.3, -0.25) is 0 Å². The van der Waals surface area contributed by atoms with E-state index in [-0.39, 0.29) is 11.7 Å². The molecular weight excluding hydrogens is 268 g/mol. The second kappa shape index (κ2) is 4.92. The second-order valence-electron chi connectivity index (χ2n) is 4.86. The van der Waals surface area contributed by atoms with Crippen LogP contribution in [-0.2, 0) is 5.60 Å². The van der Waals surface area contributed by atoms with E-state index in [1.165, 1.54) is 6.07 Å². The van der Waals surface area contributed by atoms with E-state index in [0.29, 0.717) is 18.5 Å². The highest BCUT2D eigenvalue weighted by atomic mass is 19.2. The number of nitrogens with zero attached hydrogens (tertiary/aromatic N) is 2. The molecule has 0 amide bonds. The first-order valence-electron chi connectivity index (χ1n) is 6.31. The van der Waals surface area contributed by atoms with Gasteiger partial charge in [0.1, 0.15) is 0 Å². The van der Waals surface area contributed by atoms with E-state index in [1.807, 2.05) is 0 Å². The molecule has 1 fully saturated rings. The van der Waals surface area contributed by atoms with Crippen molar-refractivity contribution >= 4 is 0 Å². The van der Waals surface area contributed by atoms with E-state index in [4.69, 9.17) is 4.52 Å². The van der Waals surface area contributed by atoms with Gasteiger partial charge in [0.2, 0.25) is 5.82 Å². The van der Waals surface area contributed by atoms with Crippen LogP contribution in [0.1, 0.15) is 18.7 Å². The van der Waals surface area contributed by atoms with Gasteiger partial charge in [-0.15, -0.1) is 0 Å². The van der Waals surface area contributed by atoms with Gasteiger partial charge >= 0.3 is 0 Å². The number of hydrogen-bond donors (Lipinski definition) is 2. The molecule has 1 aliphatic heterocycles. The van der Waals surface area contributed by atoms with Crippen LogP contribution in [-0.4, -0.2) is 28.3 Å². The molecule has 20 heavy (non-hydrogen) atoms. The van der Waals surface area contributed by atoms with Gasteiger partial charge in [0, 0.05) is 12.1 Å². The van der Waals surface area contributed by atoms with Crippen molar-refractivity contribution in [3.8, 4) is 11.4 Å². The molecule has 0 saturated carbocycles. The van der Waals surface area contributed by atoms with Crippen molar-refractivity contribution in [2.24, 2.45) is 0 Å². The predicted molar refractivity (Wildman–Crippen MR) is 65.7 cm³/mol. The fourth-order valence-corrected chi connectivity index (χ4v) is 2.24. The molecule has 1 aromatic heterocycles. The molecule has 2 aromatic rings. The van der Waals surface area contributed by atoms with Crippen LogP contribution in [0.5, 0.6) is 0 Å². The van der Waals surface area contributed by atoms with Crippen LogP contribution >= 0.6 is 0 Å². The number of rotatable bonds is 2. The second-order valence-corrected chi connectivity index (χ2v) is 4.86. The zero-order valence-electron chi connectivity index (χ0n) is 10.6. The third-order valence-electron chi connectivity index (χ3n) is 3.36. The van der Waals surface area contributed by atoms with E-state index in [9.17, 15) is 13.9 Å². The van der Waals surface area contributed by atoms with Gasteiger partial charge in [-0.05, 0) is 37.6 Å². The monoisotopic (exact) mass is 281 g/mol. The maximum absolute atomic E-state index is 13.2. The molecular formula is C13H13F2N3O2. The number of β-amino-alcohol motifs (C(OH)–C–C–N with tert-alkyl or cyclic N) is 1. The summed E-state index contributed by atoms with van der Waals surface area (Å²) in [6.45, 7) is 1.15. The fraction of sp³-hybridized carbons (Fsp3) is 0.385. The SMILES string of the molecule is OC1(c2nc(-c3ccc(F)c(F)c3)no2)CCCNC1. The normalized spacial score (nSPS) is 22.9. The number of aliphatic hydroxyl groups is 1. The molecule has 7 heteroatoms. The highest BCUT2D eigenvalue weighted by Gasteiger charge is 2.37. The van der Waals surface area contributed by atoms with Crippen LogP contribution in [0.15, 0.2) is 22.7 Å². The number of hydrogen-bond acceptors (Lipinski definition) is 5. The molecule has 1 atom stereocenters. The first-order valence-corrected chi connectivity index (χ1v) is 6.31. The first-order chi connectivity index (χ1) is 9.58. The summed E-state index contributed by atoms with van der Waals surface area (Å²) >= 11 is 0. The molecule has 1 aliphatic rings. The topological polar surface area (TPSA) is 71.2 Å². The van der Waals surface area contributed by atoms with Gasteiger partial charge in [-0.2, -0.15) is 4.98 Å². The van der Waals surface area contributed by atoms with Gasteiger partial charge in [-0.25, -0.2) is 8.78 Å². The Morgan fingerprint density at radius 2 is 2.15 bits per heavy atom. The molecule has 106 valence electrons. The molecule has 0 radical (unpaired) electrons. The first kappa shape index (κ1) is 13.1. The van der Waals surface area contributed by atoms with Gasteiger partial charge < -0.3 is 14.9 Å². The minimum Gasteiger partial charge on any atom is -0.379 e. The number of aromatic nitrogens is 2. The van der Waals surface area contributed by atoms with Gasteiger partial charge in [0.05, 0.1) is 0 Å². The van der Waals surface area contributed by atoms with Crippen LogP contribution in [0.4, 0.5) is 8.78 Å². The summed E-state index contributed by atoms with van der Waals surface area (Å²) < 4.78 is 31.1. The Morgan fingerprint density at radius 1 is 1.30 bits per heavy atom. The minimum absolute atomic E-state index is 0.0874. The highest BCUT2D eigenvalue weighted by Crippen LogP contribution is 2.28. The molecule has 0 aliphatic carbocycles. The third-order valence-corrected chi connectivity index (χ3v) is 3.36. The van der Waals surface area contributed by atoms with Crippen LogP contribution in [0.25, 0.3) is 11.4 Å². The van der Waals surface area contributed by atoms with E-state index < -0.39 is 17.2 Å². The quantitative estimate of drug-likeness (QED) is 0.874. The molecule has 2 N–H and O–H groups in total. The Kier molecular flexibility index (Phi) is 3.23. The molecule has 2 heterocycles. The van der Waals surface area contributed by atoms with Crippen molar-refractivity contribution in [2.45, 2.75) is 18.4 Å². The maximum Gasteiger partial charge on any atom is 0.260 e. The molecule has 1 saturated heterocycles. The number of nitrogens with one attached hydrogen (secondary N) is 1. The molecule has 1 unspecified atom stereocenters. The summed E-state index contributed by atoms with van der Waals surface area (Å²) in [4.78, 5) is 4.09. The average Bonchev–Trinajstić information content (AvgIpc) is 2.93. The predicted octanol–water partition coefficient (Wildman–Crippen LogP) is 1.59. The van der Waals surface area contributed by atoms with Crippen LogP contribution < -0.4 is 5.32 Å². The lowest BCUT2D eigenvalue weighted by Gasteiger charge is -2.28. The number of benzene rings is 1. The Labute approximate surface area is 113 Å². The van der Waals surface area contributed by atoms with Crippen molar-refractivity contribution in [1.82, 2.24) is 15.5 Å². The summed E-state index contributed by atoms with van der Waals surface area (Å²) in [7, 11) is 0. The van der Waals surface area contributed by atoms with E-state index >= 15 is 0 Å². The summed E-state index contributed by atoms with van der Waals surface area (Å²) in [5.74, 6) is -1.71. The summed E-state index contributed by atoms with van der Waals surface area (Å²) in [5.41, 5.74) is -0.909. The van der Waals surface area contributed by atoms with Gasteiger partial charge in [0.25, 0.3) is 5.89 Å². The lowest BCUT2D eigenvalue weighted by molar-refractivity contribution is -0.0167. The number of piperidine rings is 1. The lowest BCUT2D eigenvalue weighted by Crippen LogP contribution is -2.43. The Bertz CT molecular complexity index is 624. The zero-order valence-corrected chi connectivity index (χ0v) is 10.6. The Hall–Kier alpha value is -1.86. The standard InChI is InChI=1S/C13H13F2N3O2/c14-9-3-2-8(6-10(9)15)11-17-12(20-18-11)13(19)4-1-5-16-7-13/h2-3,6,16,19H,1,4-5,7H2. The molecule has 0 bridgehead atoms. The lowest BCUT2D eigenvalue weighted by atomic mass is 9.94. The Morgan fingerprint density at radius 3 is 2.85 bits per heavy atom. The van der Waals surface area contributed by atoms with Gasteiger partial charge in [0.15, 0.2) is 17.2 Å². The van der Waals surface area contributed by atoms with E-state index in [2.05, 4.69) is 15.5 Å². The third kappa shape index (κ3) is 2.30. The maximum atomic E-state index is 13.2. The molecule has 3 rings (SSSR count). The van der Waals surface area contributed by atoms with Crippen LogP contribution in [0.2, 0.25) is 0 Å². The summed E-state index contributed by atoms with van der Waals surface area (Å²) in [5, 5.41) is 17.2. The van der Waals surface area contributed by atoms with Crippen molar-refractivity contribution < 1.29 is 18.4 Å². The van der Waals surface area contributed by atoms with Crippen molar-refractivity contribution in [2.75, 3.05) is 13.1 Å². The number of halogens is 2. The molecule has 1 aromatic carbocycles.